The number of hydrogen-bond donors (Lipinski definition) is 2. The van der Waals surface area contributed by atoms with E-state index in [1.807, 2.05) is 0 Å². The normalized spacial score (nSPS) is 24.7. The van der Waals surface area contributed by atoms with Gasteiger partial charge in [-0.25, -0.2) is 0 Å². The van der Waals surface area contributed by atoms with Crippen LogP contribution in [0.5, 0.6) is 5.75 Å². The topological polar surface area (TPSA) is 86.7 Å². The molecule has 0 saturated carbocycles. The van der Waals surface area contributed by atoms with Gasteiger partial charge in [0.25, 0.3) is 11.8 Å². The van der Waals surface area contributed by atoms with Crippen molar-refractivity contribution < 1.29 is 32.7 Å². The molecule has 2 atom stereocenters. The summed E-state index contributed by atoms with van der Waals surface area (Å²) in [6.45, 7) is 0. The SMILES string of the molecule is O=C1NC(C(F)(F)F)CCC1N1C(=O)c2cccc(O)c2C1=O. The van der Waals surface area contributed by atoms with Crippen LogP contribution < -0.4 is 5.32 Å². The second-order valence-electron chi connectivity index (χ2n) is 5.38. The largest absolute Gasteiger partial charge is 0.507 e. The van der Waals surface area contributed by atoms with Crippen LogP contribution in [0.15, 0.2) is 18.2 Å². The fraction of sp³-hybridized carbons (Fsp3) is 0.357. The molecule has 1 aromatic rings. The number of fused-ring (bicyclic) bond motifs is 1. The Kier molecular flexibility index (Phi) is 3.31. The lowest BCUT2D eigenvalue weighted by molar-refractivity contribution is -0.169. The van der Waals surface area contributed by atoms with E-state index in [-0.39, 0.29) is 17.5 Å². The number of phenolic OH excluding ortho intramolecular Hbond substituents is 1. The third-order valence-electron chi connectivity index (χ3n) is 3.98. The summed E-state index contributed by atoms with van der Waals surface area (Å²) in [7, 11) is 0. The third kappa shape index (κ3) is 2.32. The molecule has 0 spiro atoms. The number of benzene rings is 1. The van der Waals surface area contributed by atoms with Gasteiger partial charge in [0.05, 0.1) is 11.1 Å². The molecule has 9 heteroatoms. The number of amides is 3. The Hall–Kier alpha value is -2.58. The molecule has 0 aliphatic carbocycles. The van der Waals surface area contributed by atoms with Crippen LogP contribution in [0.3, 0.4) is 0 Å². The first-order chi connectivity index (χ1) is 10.7. The number of alkyl halides is 3. The van der Waals surface area contributed by atoms with E-state index >= 15 is 0 Å². The van der Waals surface area contributed by atoms with Crippen molar-refractivity contribution in [1.29, 1.82) is 0 Å². The molecule has 1 saturated heterocycles. The van der Waals surface area contributed by atoms with E-state index in [9.17, 15) is 32.7 Å². The smallest absolute Gasteiger partial charge is 0.408 e. The fourth-order valence-corrected chi connectivity index (χ4v) is 2.86. The van der Waals surface area contributed by atoms with E-state index in [0.717, 1.165) is 0 Å². The van der Waals surface area contributed by atoms with Crippen LogP contribution in [0.25, 0.3) is 0 Å². The van der Waals surface area contributed by atoms with Gasteiger partial charge in [-0.2, -0.15) is 13.2 Å². The van der Waals surface area contributed by atoms with Crippen molar-refractivity contribution in [2.75, 3.05) is 0 Å². The molecule has 3 rings (SSSR count). The molecule has 2 N–H and O–H groups in total. The number of halogens is 3. The first kappa shape index (κ1) is 15.3. The van der Waals surface area contributed by atoms with Crippen LogP contribution in [0.1, 0.15) is 33.6 Å². The van der Waals surface area contributed by atoms with Crippen LogP contribution >= 0.6 is 0 Å². The average Bonchev–Trinajstić information content (AvgIpc) is 2.71. The van der Waals surface area contributed by atoms with Crippen LogP contribution in [0.4, 0.5) is 13.2 Å². The lowest BCUT2D eigenvalue weighted by Gasteiger charge is -2.33. The monoisotopic (exact) mass is 328 g/mol. The molecule has 23 heavy (non-hydrogen) atoms. The second kappa shape index (κ2) is 4.97. The highest BCUT2D eigenvalue weighted by Gasteiger charge is 2.50. The molecular weight excluding hydrogens is 317 g/mol. The van der Waals surface area contributed by atoms with Gasteiger partial charge in [0, 0.05) is 0 Å². The predicted molar refractivity (Wildman–Crippen MR) is 69.6 cm³/mol. The number of imide groups is 1. The van der Waals surface area contributed by atoms with E-state index in [2.05, 4.69) is 0 Å². The molecule has 2 aliphatic heterocycles. The summed E-state index contributed by atoms with van der Waals surface area (Å²) in [5, 5.41) is 11.5. The Morgan fingerprint density at radius 3 is 2.39 bits per heavy atom. The quantitative estimate of drug-likeness (QED) is 0.759. The molecule has 0 aromatic heterocycles. The van der Waals surface area contributed by atoms with E-state index in [0.29, 0.717) is 4.90 Å². The van der Waals surface area contributed by atoms with Gasteiger partial charge in [-0.1, -0.05) is 6.07 Å². The lowest BCUT2D eigenvalue weighted by Crippen LogP contribution is -2.59. The van der Waals surface area contributed by atoms with Crippen LogP contribution in [-0.4, -0.2) is 46.0 Å². The second-order valence-corrected chi connectivity index (χ2v) is 5.38. The first-order valence-corrected chi connectivity index (χ1v) is 6.78. The van der Waals surface area contributed by atoms with Gasteiger partial charge < -0.3 is 10.4 Å². The van der Waals surface area contributed by atoms with Crippen LogP contribution in [-0.2, 0) is 4.79 Å². The number of nitrogens with zero attached hydrogens (tertiary/aromatic N) is 1. The maximum atomic E-state index is 12.6. The number of piperidine rings is 1. The molecule has 6 nitrogen and oxygen atoms in total. The van der Waals surface area contributed by atoms with Gasteiger partial charge >= 0.3 is 6.18 Å². The Labute approximate surface area is 127 Å². The Bertz CT molecular complexity index is 716. The van der Waals surface area contributed by atoms with Gasteiger partial charge in [-0.05, 0) is 25.0 Å². The summed E-state index contributed by atoms with van der Waals surface area (Å²) < 4.78 is 37.9. The first-order valence-electron chi connectivity index (χ1n) is 6.78. The minimum atomic E-state index is -4.58. The zero-order valence-electron chi connectivity index (χ0n) is 11.6. The summed E-state index contributed by atoms with van der Waals surface area (Å²) in [5.74, 6) is -3.12. The number of hydrogen-bond acceptors (Lipinski definition) is 4. The summed E-state index contributed by atoms with van der Waals surface area (Å²) in [4.78, 5) is 37.1. The zero-order chi connectivity index (χ0) is 16.9. The van der Waals surface area contributed by atoms with Crippen molar-refractivity contribution >= 4 is 17.7 Å². The molecule has 122 valence electrons. The van der Waals surface area contributed by atoms with Crippen molar-refractivity contribution in [3.8, 4) is 5.75 Å². The molecular formula is C14H11F3N2O4. The van der Waals surface area contributed by atoms with Crippen molar-refractivity contribution in [3.63, 3.8) is 0 Å². The highest BCUT2D eigenvalue weighted by atomic mass is 19.4. The summed E-state index contributed by atoms with van der Waals surface area (Å²) in [6, 6.07) is 0.585. The molecule has 1 aromatic carbocycles. The number of rotatable bonds is 1. The average molecular weight is 328 g/mol. The number of aromatic hydroxyl groups is 1. The zero-order valence-corrected chi connectivity index (χ0v) is 11.6. The van der Waals surface area contributed by atoms with Crippen molar-refractivity contribution in [3.05, 3.63) is 29.3 Å². The standard InChI is InChI=1S/C14H11F3N2O4/c15-14(16,17)9-5-4-7(11(21)18-9)19-12(22)6-2-1-3-8(20)10(6)13(19)23/h1-3,7,9,20H,4-5H2,(H,18,21). The van der Waals surface area contributed by atoms with Gasteiger partial charge in [0.2, 0.25) is 5.91 Å². The Morgan fingerprint density at radius 1 is 1.13 bits per heavy atom. The van der Waals surface area contributed by atoms with E-state index in [1.54, 1.807) is 5.32 Å². The van der Waals surface area contributed by atoms with Crippen LogP contribution in [0.2, 0.25) is 0 Å². The van der Waals surface area contributed by atoms with Crippen molar-refractivity contribution in [2.24, 2.45) is 0 Å². The minimum absolute atomic E-state index is 0.0688. The molecule has 2 heterocycles. The molecule has 2 aliphatic rings. The number of nitrogens with one attached hydrogen (secondary N) is 1. The third-order valence-corrected chi connectivity index (χ3v) is 3.98. The minimum Gasteiger partial charge on any atom is -0.507 e. The van der Waals surface area contributed by atoms with Gasteiger partial charge in [0.15, 0.2) is 0 Å². The molecule has 0 bridgehead atoms. The Morgan fingerprint density at radius 2 is 1.83 bits per heavy atom. The van der Waals surface area contributed by atoms with Crippen LogP contribution in [0, 0.1) is 0 Å². The molecule has 3 amide bonds. The van der Waals surface area contributed by atoms with Gasteiger partial charge in [0.1, 0.15) is 17.8 Å². The molecule has 1 fully saturated rings. The highest BCUT2D eigenvalue weighted by molar-refractivity contribution is 6.24. The maximum absolute atomic E-state index is 12.6. The fourth-order valence-electron chi connectivity index (χ4n) is 2.86. The highest BCUT2D eigenvalue weighted by Crippen LogP contribution is 2.34. The molecule has 2 unspecified atom stereocenters. The predicted octanol–water partition coefficient (Wildman–Crippen LogP) is 1.20. The van der Waals surface area contributed by atoms with Gasteiger partial charge in [-0.3, -0.25) is 19.3 Å². The number of carbonyl (C=O) groups excluding carboxylic acids is 3. The maximum Gasteiger partial charge on any atom is 0.408 e. The van der Waals surface area contributed by atoms with Crippen molar-refractivity contribution in [2.45, 2.75) is 31.1 Å². The lowest BCUT2D eigenvalue weighted by atomic mass is 9.98. The molecule has 0 radical (unpaired) electrons. The number of phenols is 1. The van der Waals surface area contributed by atoms with E-state index < -0.39 is 48.2 Å². The van der Waals surface area contributed by atoms with E-state index in [1.165, 1.54) is 18.2 Å². The Balaban J connectivity index is 1.88. The number of carbonyl (C=O) groups is 3. The van der Waals surface area contributed by atoms with E-state index in [4.69, 9.17) is 0 Å². The van der Waals surface area contributed by atoms with Crippen molar-refractivity contribution in [1.82, 2.24) is 10.2 Å². The van der Waals surface area contributed by atoms with Gasteiger partial charge in [-0.15, -0.1) is 0 Å². The summed E-state index contributed by atoms with van der Waals surface area (Å²) in [5.41, 5.74) is -0.302. The summed E-state index contributed by atoms with van der Waals surface area (Å²) in [6.07, 6.45) is -5.30. The summed E-state index contributed by atoms with van der Waals surface area (Å²) >= 11 is 0.